The third kappa shape index (κ3) is 3.26. The Morgan fingerprint density at radius 2 is 1.89 bits per heavy atom. The number of nitrogens with zero attached hydrogens (tertiary/aromatic N) is 4. The lowest BCUT2D eigenvalue weighted by Crippen LogP contribution is -2.57. The number of rotatable bonds is 3. The van der Waals surface area contributed by atoms with Gasteiger partial charge in [0.1, 0.15) is 12.9 Å². The van der Waals surface area contributed by atoms with Crippen LogP contribution in [0.25, 0.3) is 11.4 Å². The zero-order valence-electron chi connectivity index (χ0n) is 15.8. The predicted molar refractivity (Wildman–Crippen MR) is 106 cm³/mol. The molecule has 1 saturated heterocycles. The molecule has 2 aromatic carbocycles. The molecule has 1 atom stereocenters. The Hall–Kier alpha value is -3.48. The predicted octanol–water partition coefficient (Wildman–Crippen LogP) is 2.66. The Bertz CT molecular complexity index is 998. The first-order valence-corrected chi connectivity index (χ1v) is 9.17. The monoisotopic (exact) mass is 375 g/mol. The second-order valence-corrected chi connectivity index (χ2v) is 7.00. The molecule has 0 radical (unpaired) electrons. The quantitative estimate of drug-likeness (QED) is 0.763. The Morgan fingerprint density at radius 1 is 1.14 bits per heavy atom. The van der Waals surface area contributed by atoms with E-state index in [0.29, 0.717) is 23.5 Å². The Kier molecular flexibility index (Phi) is 4.65. The van der Waals surface area contributed by atoms with Gasteiger partial charge in [-0.2, -0.15) is 5.10 Å². The smallest absolute Gasteiger partial charge is 0.255 e. The van der Waals surface area contributed by atoms with Crippen LogP contribution in [0.4, 0.5) is 5.69 Å². The summed E-state index contributed by atoms with van der Waals surface area (Å²) in [5, 5.41) is 6.66. The molecule has 1 unspecified atom stereocenters. The van der Waals surface area contributed by atoms with Crippen LogP contribution in [0.1, 0.15) is 22.8 Å². The van der Waals surface area contributed by atoms with Gasteiger partial charge in [0.15, 0.2) is 5.82 Å². The van der Waals surface area contributed by atoms with E-state index in [-0.39, 0.29) is 24.4 Å². The van der Waals surface area contributed by atoms with Crippen LogP contribution in [-0.4, -0.2) is 51.0 Å². The molecule has 28 heavy (non-hydrogen) atoms. The molecule has 0 bridgehead atoms. The van der Waals surface area contributed by atoms with Crippen molar-refractivity contribution in [1.82, 2.24) is 20.1 Å². The number of piperazine rings is 1. The number of hydrogen-bond donors (Lipinski definition) is 1. The first kappa shape index (κ1) is 17.9. The summed E-state index contributed by atoms with van der Waals surface area (Å²) in [6, 6.07) is 15.0. The van der Waals surface area contributed by atoms with Crippen LogP contribution in [0.2, 0.25) is 0 Å². The number of aromatic nitrogens is 3. The SMILES string of the molecule is Cc1ccc(N2CC(C)N(C(=O)c3ccccc3-c3ncn[nH]3)CC2=O)cc1. The van der Waals surface area contributed by atoms with Gasteiger partial charge in [-0.1, -0.05) is 35.9 Å². The second kappa shape index (κ2) is 7.26. The largest absolute Gasteiger partial charge is 0.325 e. The summed E-state index contributed by atoms with van der Waals surface area (Å²) in [5.41, 5.74) is 3.17. The average molecular weight is 375 g/mol. The molecule has 1 N–H and O–H groups in total. The fourth-order valence-electron chi connectivity index (χ4n) is 3.46. The third-order valence-corrected chi connectivity index (χ3v) is 5.02. The number of anilines is 1. The summed E-state index contributed by atoms with van der Waals surface area (Å²) >= 11 is 0. The maximum absolute atomic E-state index is 13.3. The van der Waals surface area contributed by atoms with E-state index in [4.69, 9.17) is 0 Å². The second-order valence-electron chi connectivity index (χ2n) is 7.00. The maximum Gasteiger partial charge on any atom is 0.255 e. The van der Waals surface area contributed by atoms with Gasteiger partial charge in [0.2, 0.25) is 5.91 Å². The number of hydrogen-bond acceptors (Lipinski definition) is 4. The molecule has 142 valence electrons. The lowest BCUT2D eigenvalue weighted by Gasteiger charge is -2.39. The number of carbonyl (C=O) groups excluding carboxylic acids is 2. The van der Waals surface area contributed by atoms with Crippen LogP contribution >= 0.6 is 0 Å². The van der Waals surface area contributed by atoms with E-state index >= 15 is 0 Å². The van der Waals surface area contributed by atoms with Gasteiger partial charge in [-0.15, -0.1) is 0 Å². The first-order valence-electron chi connectivity index (χ1n) is 9.17. The minimum absolute atomic E-state index is 0.0403. The number of amides is 2. The van der Waals surface area contributed by atoms with E-state index in [1.807, 2.05) is 56.3 Å². The lowest BCUT2D eigenvalue weighted by atomic mass is 10.0. The van der Waals surface area contributed by atoms with Crippen LogP contribution in [0.3, 0.4) is 0 Å². The normalized spacial score (nSPS) is 17.1. The van der Waals surface area contributed by atoms with Crippen molar-refractivity contribution in [2.45, 2.75) is 19.9 Å². The molecule has 1 aliphatic heterocycles. The van der Waals surface area contributed by atoms with Gasteiger partial charge in [0, 0.05) is 23.8 Å². The summed E-state index contributed by atoms with van der Waals surface area (Å²) in [4.78, 5) is 33.6. The highest BCUT2D eigenvalue weighted by atomic mass is 16.2. The average Bonchev–Trinajstić information content (AvgIpc) is 3.24. The molecule has 1 aromatic heterocycles. The molecule has 1 fully saturated rings. The summed E-state index contributed by atoms with van der Waals surface area (Å²) in [6.07, 6.45) is 1.41. The molecule has 0 aliphatic carbocycles. The van der Waals surface area contributed by atoms with Crippen molar-refractivity contribution in [1.29, 1.82) is 0 Å². The van der Waals surface area contributed by atoms with Crippen LogP contribution in [-0.2, 0) is 4.79 Å². The summed E-state index contributed by atoms with van der Waals surface area (Å²) in [7, 11) is 0. The van der Waals surface area contributed by atoms with E-state index in [2.05, 4.69) is 15.2 Å². The molecular weight excluding hydrogens is 354 g/mol. The molecule has 1 aliphatic rings. The number of aromatic amines is 1. The molecule has 0 spiro atoms. The van der Waals surface area contributed by atoms with Crippen molar-refractivity contribution in [3.8, 4) is 11.4 Å². The molecule has 3 aromatic rings. The molecular formula is C21H21N5O2. The highest BCUT2D eigenvalue weighted by molar-refractivity contribution is 6.04. The molecule has 2 heterocycles. The minimum atomic E-state index is -0.184. The molecule has 7 heteroatoms. The Labute approximate surface area is 163 Å². The fraction of sp³-hybridized carbons (Fsp3) is 0.238. The van der Waals surface area contributed by atoms with E-state index < -0.39 is 0 Å². The van der Waals surface area contributed by atoms with Crippen LogP contribution < -0.4 is 4.90 Å². The van der Waals surface area contributed by atoms with Gasteiger partial charge in [-0.3, -0.25) is 14.7 Å². The highest BCUT2D eigenvalue weighted by Crippen LogP contribution is 2.25. The zero-order valence-corrected chi connectivity index (χ0v) is 15.8. The van der Waals surface area contributed by atoms with E-state index in [0.717, 1.165) is 11.3 Å². The van der Waals surface area contributed by atoms with E-state index in [9.17, 15) is 9.59 Å². The number of nitrogens with one attached hydrogen (secondary N) is 1. The number of aryl methyl sites for hydroxylation is 1. The lowest BCUT2D eigenvalue weighted by molar-refractivity contribution is -0.121. The number of H-pyrrole nitrogens is 1. The van der Waals surface area contributed by atoms with Crippen molar-refractivity contribution in [3.05, 3.63) is 66.0 Å². The molecule has 4 rings (SSSR count). The molecule has 7 nitrogen and oxygen atoms in total. The van der Waals surface area contributed by atoms with Gasteiger partial charge in [-0.05, 0) is 32.0 Å². The Morgan fingerprint density at radius 3 is 2.61 bits per heavy atom. The van der Waals surface area contributed by atoms with Crippen molar-refractivity contribution in [2.24, 2.45) is 0 Å². The summed E-state index contributed by atoms with van der Waals surface area (Å²) in [5.74, 6) is 0.255. The van der Waals surface area contributed by atoms with Crippen molar-refractivity contribution in [2.75, 3.05) is 18.0 Å². The summed E-state index contributed by atoms with van der Waals surface area (Å²) < 4.78 is 0. The molecule has 2 amide bonds. The van der Waals surface area contributed by atoms with Crippen LogP contribution in [0, 0.1) is 6.92 Å². The number of benzene rings is 2. The van der Waals surface area contributed by atoms with Crippen molar-refractivity contribution >= 4 is 17.5 Å². The maximum atomic E-state index is 13.3. The number of carbonyl (C=O) groups is 2. The van der Waals surface area contributed by atoms with Gasteiger partial charge >= 0.3 is 0 Å². The zero-order chi connectivity index (χ0) is 19.7. The van der Waals surface area contributed by atoms with Crippen LogP contribution in [0.15, 0.2) is 54.9 Å². The third-order valence-electron chi connectivity index (χ3n) is 5.02. The fourth-order valence-corrected chi connectivity index (χ4v) is 3.46. The minimum Gasteiger partial charge on any atom is -0.325 e. The summed E-state index contributed by atoms with van der Waals surface area (Å²) in [6.45, 7) is 4.47. The van der Waals surface area contributed by atoms with Gasteiger partial charge in [0.25, 0.3) is 5.91 Å². The van der Waals surface area contributed by atoms with E-state index in [1.165, 1.54) is 6.33 Å². The Balaban J connectivity index is 1.59. The van der Waals surface area contributed by atoms with Gasteiger partial charge < -0.3 is 9.80 Å². The molecule has 0 saturated carbocycles. The highest BCUT2D eigenvalue weighted by Gasteiger charge is 2.34. The van der Waals surface area contributed by atoms with Gasteiger partial charge in [-0.25, -0.2) is 4.98 Å². The first-order chi connectivity index (χ1) is 13.5. The standard InChI is InChI=1S/C21H21N5O2/c1-14-7-9-16(10-8-14)26-11-15(2)25(12-19(26)27)21(28)18-6-4-3-5-17(18)20-22-13-23-24-20/h3-10,13,15H,11-12H2,1-2H3,(H,22,23,24). The van der Waals surface area contributed by atoms with Crippen molar-refractivity contribution < 1.29 is 9.59 Å². The van der Waals surface area contributed by atoms with Gasteiger partial charge in [0.05, 0.1) is 5.56 Å². The van der Waals surface area contributed by atoms with Crippen LogP contribution in [0.5, 0.6) is 0 Å². The topological polar surface area (TPSA) is 82.2 Å². The van der Waals surface area contributed by atoms with Crippen molar-refractivity contribution in [3.63, 3.8) is 0 Å². The van der Waals surface area contributed by atoms with E-state index in [1.54, 1.807) is 15.9 Å².